The number of nitrogens with two attached hydrogens (primary N) is 1. The van der Waals surface area contributed by atoms with Gasteiger partial charge in [-0.1, -0.05) is 6.42 Å². The van der Waals surface area contributed by atoms with Crippen molar-refractivity contribution in [2.24, 2.45) is 5.73 Å². The average Bonchev–Trinajstić information content (AvgIpc) is 2.84. The molecule has 0 aromatic carbocycles. The van der Waals surface area contributed by atoms with Gasteiger partial charge in [0.2, 0.25) is 0 Å². The topological polar surface area (TPSA) is 55.6 Å². The van der Waals surface area contributed by atoms with E-state index in [9.17, 15) is 4.79 Å². The lowest BCUT2D eigenvalue weighted by Crippen LogP contribution is -2.50. The van der Waals surface area contributed by atoms with Crippen molar-refractivity contribution in [3.63, 3.8) is 0 Å². The van der Waals surface area contributed by atoms with Gasteiger partial charge < -0.3 is 10.5 Å². The van der Waals surface area contributed by atoms with E-state index in [1.165, 1.54) is 37.9 Å². The first-order chi connectivity index (χ1) is 9.78. The fourth-order valence-electron chi connectivity index (χ4n) is 3.65. The SMILES string of the molecule is NCCSC1CC2=CC(=O)OC2CC1N1CCCCC1. The molecular weight excluding hydrogens is 272 g/mol. The molecule has 1 aliphatic carbocycles. The van der Waals surface area contributed by atoms with Crippen LogP contribution < -0.4 is 5.73 Å². The van der Waals surface area contributed by atoms with Crippen LogP contribution >= 0.6 is 11.8 Å². The smallest absolute Gasteiger partial charge is 0.331 e. The summed E-state index contributed by atoms with van der Waals surface area (Å²) in [6.45, 7) is 3.12. The highest BCUT2D eigenvalue weighted by atomic mass is 32.2. The molecule has 3 atom stereocenters. The minimum atomic E-state index is -0.146. The van der Waals surface area contributed by atoms with Crippen molar-refractivity contribution in [1.82, 2.24) is 4.90 Å². The molecule has 2 N–H and O–H groups in total. The predicted molar refractivity (Wildman–Crippen MR) is 81.7 cm³/mol. The summed E-state index contributed by atoms with van der Waals surface area (Å²) in [4.78, 5) is 14.1. The molecule has 112 valence electrons. The molecule has 0 spiro atoms. The molecule has 3 rings (SSSR count). The molecule has 2 heterocycles. The van der Waals surface area contributed by atoms with Crippen LogP contribution in [0.2, 0.25) is 0 Å². The predicted octanol–water partition coefficient (Wildman–Crippen LogP) is 1.55. The van der Waals surface area contributed by atoms with Crippen LogP contribution in [0.4, 0.5) is 0 Å². The molecule has 1 saturated heterocycles. The van der Waals surface area contributed by atoms with Crippen LogP contribution in [0.5, 0.6) is 0 Å². The normalized spacial score (nSPS) is 34.5. The largest absolute Gasteiger partial charge is 0.455 e. The lowest BCUT2D eigenvalue weighted by atomic mass is 9.86. The molecule has 3 aliphatic rings. The Kier molecular flexibility index (Phi) is 4.68. The summed E-state index contributed by atoms with van der Waals surface area (Å²) in [7, 11) is 0. The van der Waals surface area contributed by atoms with E-state index < -0.39 is 0 Å². The van der Waals surface area contributed by atoms with E-state index in [4.69, 9.17) is 10.5 Å². The molecule has 1 saturated carbocycles. The van der Waals surface area contributed by atoms with Gasteiger partial charge in [-0.15, -0.1) is 0 Å². The standard InChI is InChI=1S/C15H24N2O2S/c16-4-7-20-14-8-11-9-15(18)19-13(11)10-12(14)17-5-2-1-3-6-17/h9,12-14H,1-8,10,16H2. The van der Waals surface area contributed by atoms with Crippen LogP contribution in [0.15, 0.2) is 11.6 Å². The molecule has 5 heteroatoms. The quantitative estimate of drug-likeness (QED) is 0.798. The fraction of sp³-hybridized carbons (Fsp3) is 0.800. The first-order valence-electron chi connectivity index (χ1n) is 7.74. The Morgan fingerprint density at radius 2 is 2.15 bits per heavy atom. The fourth-order valence-corrected chi connectivity index (χ4v) is 4.90. The third-order valence-electron chi connectivity index (χ3n) is 4.61. The number of likely N-dealkylation sites (tertiary alicyclic amines) is 1. The van der Waals surface area contributed by atoms with Gasteiger partial charge in [0.1, 0.15) is 6.10 Å². The van der Waals surface area contributed by atoms with Crippen molar-refractivity contribution in [1.29, 1.82) is 0 Å². The van der Waals surface area contributed by atoms with Gasteiger partial charge in [-0.25, -0.2) is 4.79 Å². The first kappa shape index (κ1) is 14.4. The van der Waals surface area contributed by atoms with E-state index >= 15 is 0 Å². The van der Waals surface area contributed by atoms with Gasteiger partial charge in [0, 0.05) is 36.1 Å². The summed E-state index contributed by atoms with van der Waals surface area (Å²) < 4.78 is 5.45. The van der Waals surface area contributed by atoms with Gasteiger partial charge in [0.15, 0.2) is 0 Å². The zero-order chi connectivity index (χ0) is 13.9. The van der Waals surface area contributed by atoms with Gasteiger partial charge in [0.05, 0.1) is 0 Å². The van der Waals surface area contributed by atoms with E-state index in [0.29, 0.717) is 11.3 Å². The van der Waals surface area contributed by atoms with Crippen LogP contribution in [-0.4, -0.2) is 53.7 Å². The molecule has 4 nitrogen and oxygen atoms in total. The molecule has 3 unspecified atom stereocenters. The second-order valence-electron chi connectivity index (χ2n) is 5.95. The van der Waals surface area contributed by atoms with E-state index in [2.05, 4.69) is 4.90 Å². The summed E-state index contributed by atoms with van der Waals surface area (Å²) in [5.41, 5.74) is 6.88. The van der Waals surface area contributed by atoms with Crippen LogP contribution in [0, 0.1) is 0 Å². The van der Waals surface area contributed by atoms with Crippen LogP contribution in [0.3, 0.4) is 0 Å². The molecule has 20 heavy (non-hydrogen) atoms. The summed E-state index contributed by atoms with van der Waals surface area (Å²) in [6.07, 6.45) is 7.68. The summed E-state index contributed by atoms with van der Waals surface area (Å²) in [6, 6.07) is 0.542. The van der Waals surface area contributed by atoms with Gasteiger partial charge >= 0.3 is 5.97 Å². The Labute approximate surface area is 125 Å². The number of thioether (sulfide) groups is 1. The van der Waals surface area contributed by atoms with Crippen LogP contribution in [-0.2, 0) is 9.53 Å². The number of rotatable bonds is 4. The summed E-state index contributed by atoms with van der Waals surface area (Å²) in [5.74, 6) is 0.855. The Morgan fingerprint density at radius 3 is 2.90 bits per heavy atom. The monoisotopic (exact) mass is 296 g/mol. The van der Waals surface area contributed by atoms with Gasteiger partial charge in [0.25, 0.3) is 0 Å². The van der Waals surface area contributed by atoms with Crippen molar-refractivity contribution in [2.45, 2.75) is 49.5 Å². The number of carbonyl (C=O) groups is 1. The van der Waals surface area contributed by atoms with Crippen molar-refractivity contribution in [3.05, 3.63) is 11.6 Å². The van der Waals surface area contributed by atoms with Crippen LogP contribution in [0.1, 0.15) is 32.1 Å². The molecule has 0 aromatic heterocycles. The minimum absolute atomic E-state index is 0.0455. The second kappa shape index (κ2) is 6.50. The lowest BCUT2D eigenvalue weighted by molar-refractivity contribution is -0.139. The maximum absolute atomic E-state index is 11.5. The average molecular weight is 296 g/mol. The van der Waals surface area contributed by atoms with E-state index in [1.54, 1.807) is 6.08 Å². The molecular formula is C15H24N2O2S. The Balaban J connectivity index is 1.71. The molecule has 2 aliphatic heterocycles. The first-order valence-corrected chi connectivity index (χ1v) is 8.79. The van der Waals surface area contributed by atoms with E-state index in [0.717, 1.165) is 25.1 Å². The molecule has 0 radical (unpaired) electrons. The van der Waals surface area contributed by atoms with E-state index in [1.807, 2.05) is 11.8 Å². The zero-order valence-corrected chi connectivity index (χ0v) is 12.7. The molecule has 0 amide bonds. The molecule has 0 aromatic rings. The number of hydrogen-bond donors (Lipinski definition) is 1. The Bertz CT molecular complexity index is 393. The molecule has 2 fully saturated rings. The number of carbonyl (C=O) groups excluding carboxylic acids is 1. The van der Waals surface area contributed by atoms with Gasteiger partial charge in [-0.2, -0.15) is 11.8 Å². The minimum Gasteiger partial charge on any atom is -0.455 e. The maximum atomic E-state index is 11.5. The van der Waals surface area contributed by atoms with Crippen LogP contribution in [0.25, 0.3) is 0 Å². The van der Waals surface area contributed by atoms with Gasteiger partial charge in [-0.05, 0) is 37.9 Å². The third-order valence-corrected chi connectivity index (χ3v) is 5.99. The number of ether oxygens (including phenoxy) is 1. The number of piperidine rings is 1. The van der Waals surface area contributed by atoms with Crippen molar-refractivity contribution < 1.29 is 9.53 Å². The zero-order valence-electron chi connectivity index (χ0n) is 11.9. The Hall–Kier alpha value is -0.520. The van der Waals surface area contributed by atoms with Crippen molar-refractivity contribution >= 4 is 17.7 Å². The lowest BCUT2D eigenvalue weighted by Gasteiger charge is -2.43. The highest BCUT2D eigenvalue weighted by Crippen LogP contribution is 2.39. The molecule has 0 bridgehead atoms. The number of nitrogens with zero attached hydrogens (tertiary/aromatic N) is 1. The number of fused-ring (bicyclic) bond motifs is 1. The summed E-state index contributed by atoms with van der Waals surface area (Å²) >= 11 is 1.97. The Morgan fingerprint density at radius 1 is 1.35 bits per heavy atom. The second-order valence-corrected chi connectivity index (χ2v) is 7.29. The van der Waals surface area contributed by atoms with Gasteiger partial charge in [-0.3, -0.25) is 4.90 Å². The van der Waals surface area contributed by atoms with Crippen molar-refractivity contribution in [3.8, 4) is 0 Å². The number of esters is 1. The maximum Gasteiger partial charge on any atom is 0.331 e. The highest BCUT2D eigenvalue weighted by molar-refractivity contribution is 8.00. The van der Waals surface area contributed by atoms with Crippen molar-refractivity contribution in [2.75, 3.05) is 25.4 Å². The highest BCUT2D eigenvalue weighted by Gasteiger charge is 2.41. The number of hydrogen-bond acceptors (Lipinski definition) is 5. The summed E-state index contributed by atoms with van der Waals surface area (Å²) in [5, 5.41) is 0.564. The van der Waals surface area contributed by atoms with E-state index in [-0.39, 0.29) is 12.1 Å². The third kappa shape index (κ3) is 3.05.